The van der Waals surface area contributed by atoms with Crippen LogP contribution in [0.4, 0.5) is 5.69 Å². The Bertz CT molecular complexity index is 334. The van der Waals surface area contributed by atoms with Crippen molar-refractivity contribution >= 4 is 27.4 Å². The zero-order valence-electron chi connectivity index (χ0n) is 7.67. The molecule has 3 heteroatoms. The number of ketones is 1. The van der Waals surface area contributed by atoms with E-state index in [9.17, 15) is 4.79 Å². The molecule has 0 atom stereocenters. The third-order valence-corrected chi connectivity index (χ3v) is 2.47. The molecule has 0 saturated heterocycles. The molecule has 0 amide bonds. The summed E-state index contributed by atoms with van der Waals surface area (Å²) in [5, 5.41) is 0. The molecule has 1 aromatic rings. The van der Waals surface area contributed by atoms with Crippen molar-refractivity contribution in [3.05, 3.63) is 28.2 Å². The van der Waals surface area contributed by atoms with Crippen LogP contribution in [0.15, 0.2) is 22.7 Å². The van der Waals surface area contributed by atoms with Gasteiger partial charge in [0.25, 0.3) is 0 Å². The van der Waals surface area contributed by atoms with Gasteiger partial charge in [-0.05, 0) is 18.2 Å². The molecule has 0 spiro atoms. The summed E-state index contributed by atoms with van der Waals surface area (Å²) >= 11 is 3.32. The highest BCUT2D eigenvalue weighted by Gasteiger charge is 2.13. The topological polar surface area (TPSA) is 43.1 Å². The van der Waals surface area contributed by atoms with Crippen LogP contribution in [0.2, 0.25) is 0 Å². The van der Waals surface area contributed by atoms with Gasteiger partial charge in [0.05, 0.1) is 0 Å². The molecule has 0 bridgehead atoms. The van der Waals surface area contributed by atoms with Crippen molar-refractivity contribution in [2.45, 2.75) is 13.8 Å². The minimum Gasteiger partial charge on any atom is -0.399 e. The Morgan fingerprint density at radius 1 is 1.46 bits per heavy atom. The molecular formula is C10H12BrNO. The van der Waals surface area contributed by atoms with Gasteiger partial charge in [0, 0.05) is 21.6 Å². The lowest BCUT2D eigenvalue weighted by Gasteiger charge is -2.06. The number of benzene rings is 1. The lowest BCUT2D eigenvalue weighted by molar-refractivity contribution is 0.0938. The minimum absolute atomic E-state index is 0.00176. The fourth-order valence-electron chi connectivity index (χ4n) is 1.04. The van der Waals surface area contributed by atoms with Crippen molar-refractivity contribution in [3.63, 3.8) is 0 Å². The first-order valence-corrected chi connectivity index (χ1v) is 4.91. The van der Waals surface area contributed by atoms with Crippen LogP contribution < -0.4 is 5.73 Å². The summed E-state index contributed by atoms with van der Waals surface area (Å²) in [6.07, 6.45) is 0. The summed E-state index contributed by atoms with van der Waals surface area (Å²) in [4.78, 5) is 11.6. The minimum atomic E-state index is -0.00176. The second-order valence-electron chi connectivity index (χ2n) is 3.26. The van der Waals surface area contributed by atoms with Gasteiger partial charge < -0.3 is 5.73 Å². The smallest absolute Gasteiger partial charge is 0.166 e. The normalized spacial score (nSPS) is 10.5. The first kappa shape index (κ1) is 10.3. The summed E-state index contributed by atoms with van der Waals surface area (Å²) in [5.74, 6) is 0.109. The summed E-state index contributed by atoms with van der Waals surface area (Å²) in [6, 6.07) is 5.26. The fourth-order valence-corrected chi connectivity index (χ4v) is 1.48. The van der Waals surface area contributed by atoms with E-state index in [1.165, 1.54) is 0 Å². The monoisotopic (exact) mass is 241 g/mol. The number of Topliss-reactive ketones (excluding diaryl/α,β-unsaturated/α-hetero) is 1. The van der Waals surface area contributed by atoms with E-state index in [0.29, 0.717) is 11.3 Å². The maximum atomic E-state index is 11.6. The number of rotatable bonds is 2. The van der Waals surface area contributed by atoms with Gasteiger partial charge in [-0.1, -0.05) is 29.8 Å². The van der Waals surface area contributed by atoms with Gasteiger partial charge in [-0.2, -0.15) is 0 Å². The summed E-state index contributed by atoms with van der Waals surface area (Å²) in [7, 11) is 0. The standard InChI is InChI=1S/C10H12BrNO/c1-6(2)10(13)8-5-7(12)3-4-9(8)11/h3-6H,12H2,1-2H3. The number of carbonyl (C=O) groups excluding carboxylic acids is 1. The third-order valence-electron chi connectivity index (χ3n) is 1.78. The van der Waals surface area contributed by atoms with Crippen LogP contribution in [-0.2, 0) is 0 Å². The van der Waals surface area contributed by atoms with Crippen molar-refractivity contribution < 1.29 is 4.79 Å². The predicted molar refractivity (Wildman–Crippen MR) is 57.7 cm³/mol. The summed E-state index contributed by atoms with van der Waals surface area (Å²) in [5.41, 5.74) is 6.87. The van der Waals surface area contributed by atoms with Crippen molar-refractivity contribution in [2.75, 3.05) is 5.73 Å². The van der Waals surface area contributed by atoms with Gasteiger partial charge in [0.1, 0.15) is 0 Å². The Labute approximate surface area is 86.3 Å². The van der Waals surface area contributed by atoms with Crippen molar-refractivity contribution in [1.29, 1.82) is 0 Å². The maximum absolute atomic E-state index is 11.6. The highest BCUT2D eigenvalue weighted by Crippen LogP contribution is 2.22. The average Bonchev–Trinajstić information content (AvgIpc) is 2.08. The zero-order chi connectivity index (χ0) is 10.0. The van der Waals surface area contributed by atoms with Crippen molar-refractivity contribution in [1.82, 2.24) is 0 Å². The number of nitrogens with two attached hydrogens (primary N) is 1. The lowest BCUT2D eigenvalue weighted by atomic mass is 10.0. The van der Waals surface area contributed by atoms with Gasteiger partial charge in [-0.25, -0.2) is 0 Å². The van der Waals surface area contributed by atoms with E-state index in [0.717, 1.165) is 4.47 Å². The van der Waals surface area contributed by atoms with E-state index in [1.54, 1.807) is 18.2 Å². The molecular weight excluding hydrogens is 230 g/mol. The number of hydrogen-bond acceptors (Lipinski definition) is 2. The number of halogens is 1. The Morgan fingerprint density at radius 2 is 2.08 bits per heavy atom. The molecule has 0 aliphatic rings. The molecule has 0 aromatic heterocycles. The van der Waals surface area contributed by atoms with E-state index < -0.39 is 0 Å². The van der Waals surface area contributed by atoms with E-state index in [2.05, 4.69) is 15.9 Å². The number of nitrogen functional groups attached to an aromatic ring is 1. The quantitative estimate of drug-likeness (QED) is 0.640. The number of anilines is 1. The van der Waals surface area contributed by atoms with Crippen LogP contribution in [0.3, 0.4) is 0 Å². The van der Waals surface area contributed by atoms with Gasteiger partial charge >= 0.3 is 0 Å². The molecule has 0 radical (unpaired) electrons. The molecule has 0 fully saturated rings. The lowest BCUT2D eigenvalue weighted by Crippen LogP contribution is -2.08. The van der Waals surface area contributed by atoms with Crippen LogP contribution in [0.25, 0.3) is 0 Å². The molecule has 70 valence electrons. The molecule has 2 nitrogen and oxygen atoms in total. The van der Waals surface area contributed by atoms with Crippen molar-refractivity contribution in [2.24, 2.45) is 5.92 Å². The first-order valence-electron chi connectivity index (χ1n) is 4.11. The predicted octanol–water partition coefficient (Wildman–Crippen LogP) is 2.87. The van der Waals surface area contributed by atoms with E-state index in [-0.39, 0.29) is 11.7 Å². The molecule has 0 aliphatic carbocycles. The van der Waals surface area contributed by atoms with E-state index in [4.69, 9.17) is 5.73 Å². The second kappa shape index (κ2) is 3.92. The average molecular weight is 242 g/mol. The maximum Gasteiger partial charge on any atom is 0.166 e. The molecule has 1 aromatic carbocycles. The third kappa shape index (κ3) is 2.31. The van der Waals surface area contributed by atoms with Gasteiger partial charge in [0.15, 0.2) is 5.78 Å². The van der Waals surface area contributed by atoms with Gasteiger partial charge in [-0.15, -0.1) is 0 Å². The summed E-state index contributed by atoms with van der Waals surface area (Å²) in [6.45, 7) is 3.75. The Kier molecular flexibility index (Phi) is 3.09. The fraction of sp³-hybridized carbons (Fsp3) is 0.300. The van der Waals surface area contributed by atoms with Crippen LogP contribution in [0, 0.1) is 5.92 Å². The summed E-state index contributed by atoms with van der Waals surface area (Å²) < 4.78 is 0.806. The SMILES string of the molecule is CC(C)C(=O)c1cc(N)ccc1Br. The van der Waals surface area contributed by atoms with Gasteiger partial charge in [-0.3, -0.25) is 4.79 Å². The molecule has 1 rings (SSSR count). The molecule has 0 aliphatic heterocycles. The van der Waals surface area contributed by atoms with Gasteiger partial charge in [0.2, 0.25) is 0 Å². The van der Waals surface area contributed by atoms with Crippen LogP contribution in [0.5, 0.6) is 0 Å². The number of hydrogen-bond donors (Lipinski definition) is 1. The second-order valence-corrected chi connectivity index (χ2v) is 4.11. The Hall–Kier alpha value is -0.830. The Morgan fingerprint density at radius 3 is 2.62 bits per heavy atom. The molecule has 13 heavy (non-hydrogen) atoms. The molecule has 0 saturated carbocycles. The van der Waals surface area contributed by atoms with E-state index in [1.807, 2.05) is 13.8 Å². The van der Waals surface area contributed by atoms with Crippen molar-refractivity contribution in [3.8, 4) is 0 Å². The molecule has 0 unspecified atom stereocenters. The van der Waals surface area contributed by atoms with E-state index >= 15 is 0 Å². The highest BCUT2D eigenvalue weighted by molar-refractivity contribution is 9.10. The number of carbonyl (C=O) groups is 1. The van der Waals surface area contributed by atoms with Crippen LogP contribution in [-0.4, -0.2) is 5.78 Å². The highest BCUT2D eigenvalue weighted by atomic mass is 79.9. The van der Waals surface area contributed by atoms with Crippen LogP contribution in [0.1, 0.15) is 24.2 Å². The molecule has 0 heterocycles. The van der Waals surface area contributed by atoms with Crippen LogP contribution >= 0.6 is 15.9 Å². The zero-order valence-corrected chi connectivity index (χ0v) is 9.26. The first-order chi connectivity index (χ1) is 6.02. The Balaban J connectivity index is 3.13. The largest absolute Gasteiger partial charge is 0.399 e. The molecule has 2 N–H and O–H groups in total.